The summed E-state index contributed by atoms with van der Waals surface area (Å²) in [7, 11) is 0. The maximum Gasteiger partial charge on any atom is 0.271 e. The molecule has 3 heterocycles. The largest absolute Gasteiger partial charge is 0.378 e. The van der Waals surface area contributed by atoms with Gasteiger partial charge in [-0.1, -0.05) is 17.7 Å². The van der Waals surface area contributed by atoms with Gasteiger partial charge in [-0.05, 0) is 25.5 Å². The molecule has 2 aliphatic heterocycles. The molecule has 2 aromatic rings. The molecule has 1 aromatic carbocycles. The molecule has 28 heavy (non-hydrogen) atoms. The average molecular weight is 407 g/mol. The Morgan fingerprint density at radius 1 is 1.39 bits per heavy atom. The van der Waals surface area contributed by atoms with Gasteiger partial charge in [-0.3, -0.25) is 9.59 Å². The molecular weight excluding hydrogens is 387 g/mol. The third-order valence-electron chi connectivity index (χ3n) is 5.09. The molecule has 0 unspecified atom stereocenters. The number of carbonyl (C=O) groups is 1. The molecule has 1 fully saturated rings. The van der Waals surface area contributed by atoms with Gasteiger partial charge in [-0.25, -0.2) is 9.37 Å². The highest BCUT2D eigenvalue weighted by atomic mass is 35.5. The molecule has 148 valence electrons. The van der Waals surface area contributed by atoms with Crippen molar-refractivity contribution in [1.29, 1.82) is 0 Å². The number of carbonyl (C=O) groups excluding carboxylic acids is 1. The van der Waals surface area contributed by atoms with Gasteiger partial charge in [0, 0.05) is 24.7 Å². The standard InChI is InChI=1S/C19H20ClFN4O3/c1-11-9-12-13(21)3-2-4-14(12)25(11)16(26)10-15-22-18(17(20)19(27)23-15)24-5-7-28-8-6-24/h2-4,11H,5-10H2,1H3,(H,22,23,27)/t11-/m0/s1. The van der Waals surface area contributed by atoms with Gasteiger partial charge in [0.15, 0.2) is 5.82 Å². The minimum absolute atomic E-state index is 0.0000521. The number of hydrogen-bond acceptors (Lipinski definition) is 5. The quantitative estimate of drug-likeness (QED) is 0.842. The minimum atomic E-state index is -0.484. The number of benzene rings is 1. The first kappa shape index (κ1) is 18.9. The summed E-state index contributed by atoms with van der Waals surface area (Å²) in [5, 5.41) is 0.0000521. The molecule has 1 N–H and O–H groups in total. The molecule has 0 aliphatic carbocycles. The minimum Gasteiger partial charge on any atom is -0.378 e. The Morgan fingerprint density at radius 3 is 2.89 bits per heavy atom. The fraction of sp³-hybridized carbons (Fsp3) is 0.421. The zero-order valence-electron chi connectivity index (χ0n) is 15.4. The fourth-order valence-electron chi connectivity index (χ4n) is 3.77. The number of fused-ring (bicyclic) bond motifs is 1. The first-order valence-corrected chi connectivity index (χ1v) is 9.54. The van der Waals surface area contributed by atoms with Crippen LogP contribution in [0.1, 0.15) is 18.3 Å². The van der Waals surface area contributed by atoms with Gasteiger partial charge in [0.05, 0.1) is 25.3 Å². The number of aromatic nitrogens is 2. The van der Waals surface area contributed by atoms with E-state index in [1.54, 1.807) is 17.0 Å². The molecule has 1 aromatic heterocycles. The van der Waals surface area contributed by atoms with Gasteiger partial charge in [-0.15, -0.1) is 0 Å². The van der Waals surface area contributed by atoms with Crippen LogP contribution < -0.4 is 15.4 Å². The first-order valence-electron chi connectivity index (χ1n) is 9.16. The maximum absolute atomic E-state index is 14.1. The van der Waals surface area contributed by atoms with E-state index in [0.717, 1.165) is 0 Å². The van der Waals surface area contributed by atoms with Crippen LogP contribution >= 0.6 is 11.6 Å². The van der Waals surface area contributed by atoms with Crippen LogP contribution in [0.15, 0.2) is 23.0 Å². The number of ether oxygens (including phenoxy) is 1. The number of aromatic amines is 1. The van der Waals surface area contributed by atoms with Gasteiger partial charge in [0.1, 0.15) is 16.7 Å². The number of morpholine rings is 1. The summed E-state index contributed by atoms with van der Waals surface area (Å²) in [6, 6.07) is 4.55. The summed E-state index contributed by atoms with van der Waals surface area (Å²) >= 11 is 6.14. The Labute approximate surface area is 166 Å². The lowest BCUT2D eigenvalue weighted by Gasteiger charge is -2.28. The number of nitrogens with zero attached hydrogens (tertiary/aromatic N) is 3. The van der Waals surface area contributed by atoms with E-state index in [1.807, 2.05) is 11.8 Å². The number of H-pyrrole nitrogens is 1. The Balaban J connectivity index is 1.61. The van der Waals surface area contributed by atoms with Crippen LogP contribution in [0.4, 0.5) is 15.9 Å². The van der Waals surface area contributed by atoms with E-state index in [0.29, 0.717) is 49.8 Å². The Morgan fingerprint density at radius 2 is 2.14 bits per heavy atom. The molecule has 1 atom stereocenters. The molecule has 9 heteroatoms. The van der Waals surface area contributed by atoms with Crippen LogP contribution in [0.5, 0.6) is 0 Å². The monoisotopic (exact) mass is 406 g/mol. The lowest BCUT2D eigenvalue weighted by Crippen LogP contribution is -2.39. The van der Waals surface area contributed by atoms with E-state index >= 15 is 0 Å². The van der Waals surface area contributed by atoms with Gasteiger partial charge in [0.2, 0.25) is 5.91 Å². The molecule has 0 radical (unpaired) electrons. The third kappa shape index (κ3) is 3.38. The Hall–Kier alpha value is -2.45. The number of nitrogens with one attached hydrogen (secondary N) is 1. The fourth-order valence-corrected chi connectivity index (χ4v) is 3.98. The van der Waals surface area contributed by atoms with Gasteiger partial charge in [0.25, 0.3) is 5.56 Å². The van der Waals surface area contributed by atoms with Crippen LogP contribution in [0.3, 0.4) is 0 Å². The predicted octanol–water partition coefficient (Wildman–Crippen LogP) is 1.92. The summed E-state index contributed by atoms with van der Waals surface area (Å²) in [6.45, 7) is 4.05. The summed E-state index contributed by atoms with van der Waals surface area (Å²) in [6.07, 6.45) is 0.349. The lowest BCUT2D eigenvalue weighted by molar-refractivity contribution is -0.118. The second-order valence-electron chi connectivity index (χ2n) is 6.98. The highest BCUT2D eigenvalue weighted by Gasteiger charge is 2.33. The van der Waals surface area contributed by atoms with Crippen molar-refractivity contribution in [3.8, 4) is 0 Å². The normalized spacial score (nSPS) is 19.0. The van der Waals surface area contributed by atoms with E-state index in [2.05, 4.69) is 9.97 Å². The predicted molar refractivity (Wildman–Crippen MR) is 104 cm³/mol. The summed E-state index contributed by atoms with van der Waals surface area (Å²) in [4.78, 5) is 35.7. The van der Waals surface area contributed by atoms with E-state index < -0.39 is 5.56 Å². The smallest absolute Gasteiger partial charge is 0.271 e. The maximum atomic E-state index is 14.1. The van der Waals surface area contributed by atoms with Crippen LogP contribution in [0.25, 0.3) is 0 Å². The van der Waals surface area contributed by atoms with E-state index in [1.165, 1.54) is 6.07 Å². The number of halogens is 2. The molecular formula is C19H20ClFN4O3. The summed E-state index contributed by atoms with van der Waals surface area (Å²) in [5.41, 5.74) is 0.624. The zero-order valence-corrected chi connectivity index (χ0v) is 16.1. The van der Waals surface area contributed by atoms with Crippen molar-refractivity contribution in [1.82, 2.24) is 9.97 Å². The molecule has 2 aliphatic rings. The van der Waals surface area contributed by atoms with Crippen LogP contribution in [0, 0.1) is 5.82 Å². The zero-order chi connectivity index (χ0) is 19.8. The topological polar surface area (TPSA) is 78.5 Å². The molecule has 0 spiro atoms. The molecule has 0 saturated carbocycles. The molecule has 4 rings (SSSR count). The van der Waals surface area contributed by atoms with Crippen molar-refractivity contribution in [2.45, 2.75) is 25.8 Å². The van der Waals surface area contributed by atoms with E-state index in [9.17, 15) is 14.0 Å². The van der Waals surface area contributed by atoms with E-state index in [-0.39, 0.29) is 35.0 Å². The highest BCUT2D eigenvalue weighted by molar-refractivity contribution is 6.32. The van der Waals surface area contributed by atoms with Crippen molar-refractivity contribution in [3.63, 3.8) is 0 Å². The molecule has 7 nitrogen and oxygen atoms in total. The third-order valence-corrected chi connectivity index (χ3v) is 5.43. The van der Waals surface area contributed by atoms with Crippen molar-refractivity contribution in [2.75, 3.05) is 36.1 Å². The average Bonchev–Trinajstić information content (AvgIpc) is 3.02. The van der Waals surface area contributed by atoms with Crippen molar-refractivity contribution >= 4 is 29.0 Å². The molecule has 1 amide bonds. The Kier molecular flexibility index (Phi) is 5.07. The molecule has 1 saturated heterocycles. The van der Waals surface area contributed by atoms with Crippen molar-refractivity contribution in [2.24, 2.45) is 0 Å². The summed E-state index contributed by atoms with van der Waals surface area (Å²) in [5.74, 6) is 0.0258. The Bertz CT molecular complexity index is 974. The van der Waals surface area contributed by atoms with Gasteiger partial charge < -0.3 is 19.5 Å². The first-order chi connectivity index (χ1) is 13.5. The number of anilines is 2. The number of rotatable bonds is 3. The highest BCUT2D eigenvalue weighted by Crippen LogP contribution is 2.34. The van der Waals surface area contributed by atoms with Gasteiger partial charge in [-0.2, -0.15) is 0 Å². The van der Waals surface area contributed by atoms with Crippen molar-refractivity contribution in [3.05, 3.63) is 50.8 Å². The van der Waals surface area contributed by atoms with Crippen LogP contribution in [-0.4, -0.2) is 48.2 Å². The van der Waals surface area contributed by atoms with E-state index in [4.69, 9.17) is 16.3 Å². The van der Waals surface area contributed by atoms with Crippen molar-refractivity contribution < 1.29 is 13.9 Å². The molecule has 0 bridgehead atoms. The number of amides is 1. The summed E-state index contributed by atoms with van der Waals surface area (Å²) < 4.78 is 19.4. The second kappa shape index (κ2) is 7.52. The SMILES string of the molecule is C[C@H]1Cc2c(F)cccc2N1C(=O)Cc1nc(N2CCOCC2)c(Cl)c(=O)[nH]1. The van der Waals surface area contributed by atoms with Crippen LogP contribution in [-0.2, 0) is 22.4 Å². The van der Waals surface area contributed by atoms with Crippen LogP contribution in [0.2, 0.25) is 5.02 Å². The lowest BCUT2D eigenvalue weighted by atomic mass is 10.1. The second-order valence-corrected chi connectivity index (χ2v) is 7.36. The van der Waals surface area contributed by atoms with Gasteiger partial charge >= 0.3 is 0 Å². The number of hydrogen-bond donors (Lipinski definition) is 1.